The Labute approximate surface area is 98.2 Å². The standard InChI is InChI=1S/C11H14FNO2S/c1-3-8(2)7-16-11-5-9(12)4-10(6-11)13(14)15/h4-6,8H,3,7H2,1-2H3. The molecule has 1 rings (SSSR count). The van der Waals surface area contributed by atoms with E-state index in [1.165, 1.54) is 23.9 Å². The van der Waals surface area contributed by atoms with Crippen molar-refractivity contribution in [2.45, 2.75) is 25.2 Å². The Kier molecular flexibility index (Phi) is 4.73. The third-order valence-corrected chi connectivity index (χ3v) is 3.60. The minimum Gasteiger partial charge on any atom is -0.258 e. The highest BCUT2D eigenvalue weighted by Crippen LogP contribution is 2.26. The molecule has 1 atom stereocenters. The molecule has 5 heteroatoms. The maximum Gasteiger partial charge on any atom is 0.273 e. The first kappa shape index (κ1) is 13.0. The molecule has 0 amide bonds. The molecule has 16 heavy (non-hydrogen) atoms. The zero-order chi connectivity index (χ0) is 12.1. The van der Waals surface area contributed by atoms with Crippen LogP contribution in [0.25, 0.3) is 0 Å². The van der Waals surface area contributed by atoms with Gasteiger partial charge >= 0.3 is 0 Å². The molecule has 3 nitrogen and oxygen atoms in total. The quantitative estimate of drug-likeness (QED) is 0.448. The monoisotopic (exact) mass is 243 g/mol. The van der Waals surface area contributed by atoms with Crippen molar-refractivity contribution in [1.82, 2.24) is 0 Å². The molecule has 0 aliphatic carbocycles. The van der Waals surface area contributed by atoms with Gasteiger partial charge in [0.25, 0.3) is 5.69 Å². The fourth-order valence-electron chi connectivity index (χ4n) is 1.09. The Balaban J connectivity index is 2.76. The van der Waals surface area contributed by atoms with E-state index in [-0.39, 0.29) is 5.69 Å². The van der Waals surface area contributed by atoms with Crippen LogP contribution in [-0.2, 0) is 0 Å². The second-order valence-electron chi connectivity index (χ2n) is 3.73. The molecule has 0 aromatic heterocycles. The van der Waals surface area contributed by atoms with Crippen LogP contribution >= 0.6 is 11.8 Å². The number of nitro benzene ring substituents is 1. The van der Waals surface area contributed by atoms with Crippen molar-refractivity contribution >= 4 is 17.4 Å². The number of nitrogens with zero attached hydrogens (tertiary/aromatic N) is 1. The average Bonchev–Trinajstić information content (AvgIpc) is 2.25. The van der Waals surface area contributed by atoms with Gasteiger partial charge in [-0.1, -0.05) is 20.3 Å². The summed E-state index contributed by atoms with van der Waals surface area (Å²) < 4.78 is 13.1. The summed E-state index contributed by atoms with van der Waals surface area (Å²) in [5, 5.41) is 10.5. The summed E-state index contributed by atoms with van der Waals surface area (Å²) in [6.45, 7) is 4.18. The van der Waals surface area contributed by atoms with Gasteiger partial charge in [-0.2, -0.15) is 0 Å². The van der Waals surface area contributed by atoms with Crippen LogP contribution in [0.15, 0.2) is 23.1 Å². The SMILES string of the molecule is CCC(C)CSc1cc(F)cc([N+](=O)[O-])c1. The zero-order valence-corrected chi connectivity index (χ0v) is 10.1. The first-order valence-corrected chi connectivity index (χ1v) is 6.09. The number of hydrogen-bond donors (Lipinski definition) is 0. The summed E-state index contributed by atoms with van der Waals surface area (Å²) in [6, 6.07) is 3.68. The van der Waals surface area contributed by atoms with Gasteiger partial charge in [-0.3, -0.25) is 10.1 Å². The number of thioether (sulfide) groups is 1. The summed E-state index contributed by atoms with van der Waals surface area (Å²) in [6.07, 6.45) is 1.05. The highest BCUT2D eigenvalue weighted by molar-refractivity contribution is 7.99. The third kappa shape index (κ3) is 3.81. The average molecular weight is 243 g/mol. The van der Waals surface area contributed by atoms with Crippen LogP contribution in [0.3, 0.4) is 0 Å². The summed E-state index contributed by atoms with van der Waals surface area (Å²) in [4.78, 5) is 10.6. The molecule has 1 aromatic rings. The summed E-state index contributed by atoms with van der Waals surface area (Å²) >= 11 is 1.45. The van der Waals surface area contributed by atoms with Crippen molar-refractivity contribution in [2.24, 2.45) is 5.92 Å². The lowest BCUT2D eigenvalue weighted by Crippen LogP contribution is -1.96. The molecule has 0 saturated carbocycles. The molecule has 0 bridgehead atoms. The Hall–Kier alpha value is -1.10. The van der Waals surface area contributed by atoms with Gasteiger partial charge in [-0.05, 0) is 12.0 Å². The Morgan fingerprint density at radius 3 is 2.75 bits per heavy atom. The number of halogens is 1. The van der Waals surface area contributed by atoms with E-state index < -0.39 is 10.7 Å². The van der Waals surface area contributed by atoms with Crippen LogP contribution in [0.4, 0.5) is 10.1 Å². The highest BCUT2D eigenvalue weighted by atomic mass is 32.2. The molecule has 0 spiro atoms. The van der Waals surface area contributed by atoms with Crippen molar-refractivity contribution in [3.05, 3.63) is 34.1 Å². The van der Waals surface area contributed by atoms with E-state index in [1.54, 1.807) is 0 Å². The van der Waals surface area contributed by atoms with Crippen molar-refractivity contribution in [1.29, 1.82) is 0 Å². The van der Waals surface area contributed by atoms with Crippen LogP contribution in [0, 0.1) is 21.8 Å². The minimum absolute atomic E-state index is 0.188. The Bertz CT molecular complexity index is 384. The predicted molar refractivity (Wildman–Crippen MR) is 63.2 cm³/mol. The van der Waals surface area contributed by atoms with Gasteiger partial charge < -0.3 is 0 Å². The Morgan fingerprint density at radius 2 is 2.19 bits per heavy atom. The number of nitro groups is 1. The van der Waals surface area contributed by atoms with Gasteiger partial charge in [-0.15, -0.1) is 11.8 Å². The maximum absolute atomic E-state index is 13.1. The minimum atomic E-state index is -0.573. The lowest BCUT2D eigenvalue weighted by Gasteiger charge is -2.07. The lowest BCUT2D eigenvalue weighted by molar-refractivity contribution is -0.385. The molecule has 0 N–H and O–H groups in total. The van der Waals surface area contributed by atoms with Gasteiger partial charge in [0.1, 0.15) is 5.82 Å². The number of rotatable bonds is 5. The smallest absolute Gasteiger partial charge is 0.258 e. The van der Waals surface area contributed by atoms with E-state index in [4.69, 9.17) is 0 Å². The molecule has 0 radical (unpaired) electrons. The molecule has 1 aromatic carbocycles. The Morgan fingerprint density at radius 1 is 1.50 bits per heavy atom. The molecule has 0 heterocycles. The fourth-order valence-corrected chi connectivity index (χ4v) is 2.21. The van der Waals surface area contributed by atoms with E-state index in [0.29, 0.717) is 10.8 Å². The van der Waals surface area contributed by atoms with Gasteiger partial charge in [0.05, 0.1) is 11.0 Å². The van der Waals surface area contributed by atoms with Crippen molar-refractivity contribution in [3.63, 3.8) is 0 Å². The number of non-ortho nitro benzene ring substituents is 1. The highest BCUT2D eigenvalue weighted by Gasteiger charge is 2.10. The molecule has 0 fully saturated rings. The fraction of sp³-hybridized carbons (Fsp3) is 0.455. The molecule has 0 aliphatic heterocycles. The van der Waals surface area contributed by atoms with Crippen molar-refractivity contribution in [2.75, 3.05) is 5.75 Å². The van der Waals surface area contributed by atoms with Gasteiger partial charge in [-0.25, -0.2) is 4.39 Å². The molecular weight excluding hydrogens is 229 g/mol. The third-order valence-electron chi connectivity index (χ3n) is 2.30. The van der Waals surface area contributed by atoms with E-state index in [1.807, 2.05) is 0 Å². The number of benzene rings is 1. The zero-order valence-electron chi connectivity index (χ0n) is 9.27. The topological polar surface area (TPSA) is 43.1 Å². The second kappa shape index (κ2) is 5.84. The van der Waals surface area contributed by atoms with Crippen LogP contribution in [0.5, 0.6) is 0 Å². The molecule has 0 saturated heterocycles. The summed E-state index contributed by atoms with van der Waals surface area (Å²) in [7, 11) is 0. The van der Waals surface area contributed by atoms with E-state index in [0.717, 1.165) is 18.2 Å². The molecule has 88 valence electrons. The van der Waals surface area contributed by atoms with Crippen LogP contribution in [0.2, 0.25) is 0 Å². The number of hydrogen-bond acceptors (Lipinski definition) is 3. The first-order chi connectivity index (χ1) is 7.52. The van der Waals surface area contributed by atoms with Crippen molar-refractivity contribution in [3.8, 4) is 0 Å². The first-order valence-electron chi connectivity index (χ1n) is 5.10. The van der Waals surface area contributed by atoms with Gasteiger partial charge in [0.2, 0.25) is 0 Å². The normalized spacial score (nSPS) is 12.4. The van der Waals surface area contributed by atoms with E-state index >= 15 is 0 Å². The van der Waals surface area contributed by atoms with Gasteiger partial charge in [0, 0.05) is 16.7 Å². The second-order valence-corrected chi connectivity index (χ2v) is 4.82. The summed E-state index contributed by atoms with van der Waals surface area (Å²) in [5.74, 6) is 0.810. The van der Waals surface area contributed by atoms with Crippen LogP contribution in [-0.4, -0.2) is 10.7 Å². The van der Waals surface area contributed by atoms with E-state index in [9.17, 15) is 14.5 Å². The predicted octanol–water partition coefficient (Wildman–Crippen LogP) is 3.87. The van der Waals surface area contributed by atoms with Crippen molar-refractivity contribution < 1.29 is 9.31 Å². The largest absolute Gasteiger partial charge is 0.273 e. The maximum atomic E-state index is 13.1. The van der Waals surface area contributed by atoms with Crippen LogP contribution in [0.1, 0.15) is 20.3 Å². The lowest BCUT2D eigenvalue weighted by atomic mass is 10.2. The van der Waals surface area contributed by atoms with Crippen LogP contribution < -0.4 is 0 Å². The molecule has 0 aliphatic rings. The van der Waals surface area contributed by atoms with E-state index in [2.05, 4.69) is 13.8 Å². The molecular formula is C11H14FNO2S. The molecule has 1 unspecified atom stereocenters. The summed E-state index contributed by atoms with van der Waals surface area (Å²) in [5.41, 5.74) is -0.188. The van der Waals surface area contributed by atoms with Gasteiger partial charge in [0.15, 0.2) is 0 Å².